The van der Waals surface area contributed by atoms with Gasteiger partial charge in [0.05, 0.1) is 11.8 Å². The molecule has 1 aromatic rings. The second-order valence-corrected chi connectivity index (χ2v) is 4.53. The van der Waals surface area contributed by atoms with Gasteiger partial charge in [-0.15, -0.1) is 0 Å². The summed E-state index contributed by atoms with van der Waals surface area (Å²) in [7, 11) is 2.07. The lowest BCUT2D eigenvalue weighted by Gasteiger charge is -2.37. The monoisotopic (exact) mass is 242 g/mol. The number of hydrogen-bond acceptors (Lipinski definition) is 3. The van der Waals surface area contributed by atoms with Gasteiger partial charge in [-0.1, -0.05) is 0 Å². The summed E-state index contributed by atoms with van der Waals surface area (Å²) in [6.07, 6.45) is 1.44. The molecule has 5 heteroatoms. The third-order valence-corrected chi connectivity index (χ3v) is 3.39. The Morgan fingerprint density at radius 1 is 1.56 bits per heavy atom. The van der Waals surface area contributed by atoms with Crippen LogP contribution in [0.15, 0.2) is 16.7 Å². The quantitative estimate of drug-likeness (QED) is 0.752. The number of hydrogen-bond donors (Lipinski definition) is 0. The van der Waals surface area contributed by atoms with E-state index in [1.165, 1.54) is 6.26 Å². The molecule has 1 unspecified atom stereocenters. The van der Waals surface area contributed by atoms with E-state index >= 15 is 0 Å². The fourth-order valence-corrected chi connectivity index (χ4v) is 2.04. The van der Waals surface area contributed by atoms with Crippen molar-refractivity contribution in [1.82, 2.24) is 9.80 Å². The number of carbonyl (C=O) groups is 1. The Kier molecular flexibility index (Phi) is 3.21. The minimum Gasteiger partial charge on any atom is -0.452 e. The first-order chi connectivity index (χ1) is 7.59. The van der Waals surface area contributed by atoms with Crippen molar-refractivity contribution in [2.24, 2.45) is 0 Å². The molecule has 1 fully saturated rings. The first-order valence-electron chi connectivity index (χ1n) is 5.32. The van der Waals surface area contributed by atoms with Gasteiger partial charge in [0.15, 0.2) is 0 Å². The predicted octanol–water partition coefficient (Wildman–Crippen LogP) is 1.71. The van der Waals surface area contributed by atoms with Gasteiger partial charge in [-0.2, -0.15) is 0 Å². The lowest BCUT2D eigenvalue weighted by Crippen LogP contribution is -2.51. The number of amides is 1. The molecule has 0 bridgehead atoms. The molecule has 16 heavy (non-hydrogen) atoms. The maximum absolute atomic E-state index is 12.1. The highest BCUT2D eigenvalue weighted by atomic mass is 35.5. The van der Waals surface area contributed by atoms with Crippen molar-refractivity contribution < 1.29 is 9.21 Å². The van der Waals surface area contributed by atoms with Crippen molar-refractivity contribution in [3.05, 3.63) is 23.1 Å². The first-order valence-corrected chi connectivity index (χ1v) is 5.70. The molecular formula is C11H15ClN2O2. The highest BCUT2D eigenvalue weighted by Crippen LogP contribution is 2.20. The molecule has 1 amide bonds. The van der Waals surface area contributed by atoms with E-state index in [-0.39, 0.29) is 11.1 Å². The van der Waals surface area contributed by atoms with Crippen molar-refractivity contribution in [3.63, 3.8) is 0 Å². The molecular weight excluding hydrogens is 228 g/mol. The highest BCUT2D eigenvalue weighted by molar-refractivity contribution is 6.32. The van der Waals surface area contributed by atoms with Gasteiger partial charge >= 0.3 is 0 Å². The number of carbonyl (C=O) groups excluding carboxylic acids is 1. The van der Waals surface area contributed by atoms with Crippen molar-refractivity contribution >= 4 is 17.5 Å². The van der Waals surface area contributed by atoms with Gasteiger partial charge in [-0.05, 0) is 31.6 Å². The molecule has 2 rings (SSSR count). The van der Waals surface area contributed by atoms with E-state index in [2.05, 4.69) is 18.9 Å². The topological polar surface area (TPSA) is 36.7 Å². The standard InChI is InChI=1S/C11H15ClN2O2/c1-8-7-14(5-4-13(8)2)11(15)9-3-6-16-10(9)12/h3,6,8H,4-5,7H2,1-2H3. The van der Waals surface area contributed by atoms with E-state index in [4.69, 9.17) is 16.0 Å². The van der Waals surface area contributed by atoms with Gasteiger partial charge in [-0.3, -0.25) is 4.79 Å². The molecule has 1 aliphatic heterocycles. The number of piperazine rings is 1. The van der Waals surface area contributed by atoms with Crippen LogP contribution in [0.25, 0.3) is 0 Å². The Hall–Kier alpha value is -1.00. The summed E-state index contributed by atoms with van der Waals surface area (Å²) < 4.78 is 4.93. The van der Waals surface area contributed by atoms with Crippen LogP contribution in [0.2, 0.25) is 5.22 Å². The Bertz CT molecular complexity index is 391. The van der Waals surface area contributed by atoms with E-state index in [9.17, 15) is 4.79 Å². The Morgan fingerprint density at radius 3 is 2.88 bits per heavy atom. The summed E-state index contributed by atoms with van der Waals surface area (Å²) in [5, 5.41) is 0.177. The molecule has 1 aliphatic rings. The average molecular weight is 243 g/mol. The van der Waals surface area contributed by atoms with Crippen molar-refractivity contribution in [2.45, 2.75) is 13.0 Å². The highest BCUT2D eigenvalue weighted by Gasteiger charge is 2.26. The van der Waals surface area contributed by atoms with Crippen LogP contribution in [-0.2, 0) is 0 Å². The zero-order valence-corrected chi connectivity index (χ0v) is 10.2. The van der Waals surface area contributed by atoms with Gasteiger partial charge in [0, 0.05) is 25.7 Å². The largest absolute Gasteiger partial charge is 0.452 e. The average Bonchev–Trinajstić information content (AvgIpc) is 2.67. The summed E-state index contributed by atoms with van der Waals surface area (Å²) in [5.74, 6) is -0.0429. The lowest BCUT2D eigenvalue weighted by atomic mass is 10.2. The SMILES string of the molecule is CC1CN(C(=O)c2ccoc2Cl)CCN1C. The fraction of sp³-hybridized carbons (Fsp3) is 0.545. The van der Waals surface area contributed by atoms with Crippen molar-refractivity contribution in [2.75, 3.05) is 26.7 Å². The fourth-order valence-electron chi connectivity index (χ4n) is 1.85. The van der Waals surface area contributed by atoms with Gasteiger partial charge in [0.1, 0.15) is 0 Å². The number of furan rings is 1. The molecule has 88 valence electrons. The zero-order valence-electron chi connectivity index (χ0n) is 9.44. The number of nitrogens with zero attached hydrogens (tertiary/aromatic N) is 2. The Labute approximate surface area is 99.8 Å². The molecule has 1 atom stereocenters. The zero-order chi connectivity index (χ0) is 11.7. The third-order valence-electron chi connectivity index (χ3n) is 3.10. The lowest BCUT2D eigenvalue weighted by molar-refractivity contribution is 0.0572. The Morgan fingerprint density at radius 2 is 2.31 bits per heavy atom. The van der Waals surface area contributed by atoms with Crippen LogP contribution < -0.4 is 0 Å². The van der Waals surface area contributed by atoms with Crippen LogP contribution >= 0.6 is 11.6 Å². The maximum atomic E-state index is 12.1. The molecule has 1 saturated heterocycles. The van der Waals surface area contributed by atoms with Crippen molar-refractivity contribution in [1.29, 1.82) is 0 Å². The number of rotatable bonds is 1. The second kappa shape index (κ2) is 4.47. The Balaban J connectivity index is 2.09. The normalized spacial score (nSPS) is 22.4. The van der Waals surface area contributed by atoms with E-state index in [0.29, 0.717) is 11.6 Å². The van der Waals surface area contributed by atoms with Gasteiger partial charge in [0.25, 0.3) is 5.91 Å². The number of halogens is 1. The van der Waals surface area contributed by atoms with Gasteiger partial charge < -0.3 is 14.2 Å². The second-order valence-electron chi connectivity index (χ2n) is 4.19. The maximum Gasteiger partial charge on any atom is 0.258 e. The molecule has 0 saturated carbocycles. The summed E-state index contributed by atoms with van der Waals surface area (Å²) in [6, 6.07) is 2.00. The summed E-state index contributed by atoms with van der Waals surface area (Å²) in [4.78, 5) is 16.2. The smallest absolute Gasteiger partial charge is 0.258 e. The predicted molar refractivity (Wildman–Crippen MR) is 61.7 cm³/mol. The van der Waals surface area contributed by atoms with Gasteiger partial charge in [0.2, 0.25) is 5.22 Å². The summed E-state index contributed by atoms with van der Waals surface area (Å²) >= 11 is 5.79. The van der Waals surface area contributed by atoms with Crippen LogP contribution in [0.1, 0.15) is 17.3 Å². The number of likely N-dealkylation sites (N-methyl/N-ethyl adjacent to an activating group) is 1. The third kappa shape index (κ3) is 2.08. The van der Waals surface area contributed by atoms with Crippen LogP contribution in [0, 0.1) is 0 Å². The van der Waals surface area contributed by atoms with Crippen LogP contribution in [0.3, 0.4) is 0 Å². The molecule has 4 nitrogen and oxygen atoms in total. The van der Waals surface area contributed by atoms with Crippen LogP contribution in [-0.4, -0.2) is 48.4 Å². The molecule has 0 aliphatic carbocycles. The molecule has 2 heterocycles. The van der Waals surface area contributed by atoms with E-state index in [0.717, 1.165) is 19.6 Å². The summed E-state index contributed by atoms with van der Waals surface area (Å²) in [6.45, 7) is 4.47. The summed E-state index contributed by atoms with van der Waals surface area (Å²) in [5.41, 5.74) is 0.457. The molecule has 0 N–H and O–H groups in total. The van der Waals surface area contributed by atoms with E-state index in [1.807, 2.05) is 4.90 Å². The minimum absolute atomic E-state index is 0.0429. The first kappa shape index (κ1) is 11.5. The van der Waals surface area contributed by atoms with Gasteiger partial charge in [-0.25, -0.2) is 0 Å². The molecule has 0 radical (unpaired) electrons. The van der Waals surface area contributed by atoms with Crippen LogP contribution in [0.5, 0.6) is 0 Å². The molecule has 0 aromatic carbocycles. The molecule has 1 aromatic heterocycles. The van der Waals surface area contributed by atoms with E-state index < -0.39 is 0 Å². The van der Waals surface area contributed by atoms with E-state index in [1.54, 1.807) is 6.07 Å². The molecule has 0 spiro atoms. The van der Waals surface area contributed by atoms with Crippen LogP contribution in [0.4, 0.5) is 0 Å². The minimum atomic E-state index is -0.0429. The van der Waals surface area contributed by atoms with Crippen molar-refractivity contribution in [3.8, 4) is 0 Å².